The van der Waals surface area contributed by atoms with Crippen LogP contribution in [-0.4, -0.2) is 29.4 Å². The Morgan fingerprint density at radius 2 is 1.82 bits per heavy atom. The first kappa shape index (κ1) is 16.1. The molecule has 2 rings (SSSR count). The van der Waals surface area contributed by atoms with E-state index in [-0.39, 0.29) is 5.56 Å². The van der Waals surface area contributed by atoms with Crippen LogP contribution in [0.3, 0.4) is 0 Å². The third-order valence-electron chi connectivity index (χ3n) is 3.50. The fraction of sp³-hybridized carbons (Fsp3) is 0.429. The maximum absolute atomic E-state index is 12.0. The summed E-state index contributed by atoms with van der Waals surface area (Å²) in [6.45, 7) is 0. The smallest absolute Gasteiger partial charge is 0.481 e. The minimum Gasteiger partial charge on any atom is -0.481 e. The van der Waals surface area contributed by atoms with Gasteiger partial charge in [-0.15, -0.1) is 13.2 Å². The van der Waals surface area contributed by atoms with Crippen molar-refractivity contribution in [2.45, 2.75) is 31.7 Å². The van der Waals surface area contributed by atoms with Gasteiger partial charge in [0.05, 0.1) is 5.92 Å². The number of carboxylic acid groups (broad SMARTS) is 1. The highest BCUT2D eigenvalue weighted by Gasteiger charge is 2.34. The zero-order chi connectivity index (χ0) is 16.3. The predicted molar refractivity (Wildman–Crippen MR) is 69.4 cm³/mol. The number of rotatable bonds is 4. The molecule has 22 heavy (non-hydrogen) atoms. The molecule has 0 aliphatic heterocycles. The zero-order valence-electron chi connectivity index (χ0n) is 11.4. The Morgan fingerprint density at radius 3 is 2.36 bits per heavy atom. The Hall–Kier alpha value is -2.25. The number of hydrogen-bond acceptors (Lipinski definition) is 3. The Balaban J connectivity index is 1.99. The summed E-state index contributed by atoms with van der Waals surface area (Å²) in [4.78, 5) is 23.0. The predicted octanol–water partition coefficient (Wildman–Crippen LogP) is 2.57. The van der Waals surface area contributed by atoms with Gasteiger partial charge in [-0.2, -0.15) is 0 Å². The van der Waals surface area contributed by atoms with Crippen molar-refractivity contribution < 1.29 is 32.6 Å². The largest absolute Gasteiger partial charge is 0.573 e. The van der Waals surface area contributed by atoms with Crippen LogP contribution in [0, 0.1) is 5.92 Å². The van der Waals surface area contributed by atoms with E-state index in [0.717, 1.165) is 12.1 Å². The molecule has 1 saturated carbocycles. The minimum atomic E-state index is -4.79. The van der Waals surface area contributed by atoms with Gasteiger partial charge in [0.2, 0.25) is 0 Å². The fourth-order valence-corrected chi connectivity index (χ4v) is 2.49. The number of alkyl halides is 3. The highest BCUT2D eigenvalue weighted by Crippen LogP contribution is 2.26. The monoisotopic (exact) mass is 317 g/mol. The maximum Gasteiger partial charge on any atom is 0.573 e. The number of ether oxygens (including phenoxy) is 1. The van der Waals surface area contributed by atoms with Crippen molar-refractivity contribution >= 4 is 11.9 Å². The highest BCUT2D eigenvalue weighted by atomic mass is 19.4. The molecular formula is C14H14F3NO4. The lowest BCUT2D eigenvalue weighted by Gasteiger charge is -2.17. The summed E-state index contributed by atoms with van der Waals surface area (Å²) < 4.78 is 39.8. The van der Waals surface area contributed by atoms with Crippen molar-refractivity contribution in [2.75, 3.05) is 0 Å². The van der Waals surface area contributed by atoms with Crippen molar-refractivity contribution in [3.8, 4) is 5.75 Å². The van der Waals surface area contributed by atoms with Gasteiger partial charge in [-0.3, -0.25) is 9.59 Å². The lowest BCUT2D eigenvalue weighted by atomic mass is 10.0. The summed E-state index contributed by atoms with van der Waals surface area (Å²) in [6, 6.07) is 4.00. The molecular weight excluding hydrogens is 303 g/mol. The van der Waals surface area contributed by atoms with E-state index in [1.807, 2.05) is 0 Å². The van der Waals surface area contributed by atoms with E-state index in [9.17, 15) is 22.8 Å². The molecule has 1 aliphatic rings. The molecule has 1 amide bonds. The Morgan fingerprint density at radius 1 is 1.18 bits per heavy atom. The Kier molecular flexibility index (Phi) is 4.58. The van der Waals surface area contributed by atoms with E-state index in [1.54, 1.807) is 0 Å². The van der Waals surface area contributed by atoms with Crippen molar-refractivity contribution in [1.82, 2.24) is 5.32 Å². The second-order valence-electron chi connectivity index (χ2n) is 5.03. The van der Waals surface area contributed by atoms with Gasteiger partial charge in [0, 0.05) is 11.6 Å². The molecule has 1 aromatic rings. The van der Waals surface area contributed by atoms with Crippen molar-refractivity contribution in [3.05, 3.63) is 29.8 Å². The molecule has 1 aromatic carbocycles. The first-order chi connectivity index (χ1) is 10.3. The quantitative estimate of drug-likeness (QED) is 0.895. The SMILES string of the molecule is O=C(N[C@H]1CCC[C@H]1C(=O)O)c1ccc(OC(F)(F)F)cc1. The zero-order valence-corrected chi connectivity index (χ0v) is 11.4. The average molecular weight is 317 g/mol. The number of aliphatic carboxylic acids is 1. The number of carboxylic acids is 1. The van der Waals surface area contributed by atoms with Gasteiger partial charge >= 0.3 is 12.3 Å². The van der Waals surface area contributed by atoms with Crippen LogP contribution in [0.25, 0.3) is 0 Å². The standard InChI is InChI=1S/C14H14F3NO4/c15-14(16,17)22-9-6-4-8(5-7-9)12(19)18-11-3-1-2-10(11)13(20)21/h4-7,10-11H,1-3H2,(H,18,19)(H,20,21)/t10-,11+/m1/s1. The molecule has 0 heterocycles. The molecule has 2 atom stereocenters. The number of nitrogens with one attached hydrogen (secondary N) is 1. The molecule has 2 N–H and O–H groups in total. The van der Waals surface area contributed by atoms with Crippen LogP contribution in [-0.2, 0) is 4.79 Å². The molecule has 8 heteroatoms. The van der Waals surface area contributed by atoms with E-state index >= 15 is 0 Å². The summed E-state index contributed by atoms with van der Waals surface area (Å²) in [6.07, 6.45) is -3.01. The van der Waals surface area contributed by atoms with Crippen LogP contribution in [0.4, 0.5) is 13.2 Å². The Bertz CT molecular complexity index is 556. The third-order valence-corrected chi connectivity index (χ3v) is 3.50. The van der Waals surface area contributed by atoms with Gasteiger partial charge in [0.25, 0.3) is 5.91 Å². The van der Waals surface area contributed by atoms with Gasteiger partial charge in [0.1, 0.15) is 5.75 Å². The van der Waals surface area contributed by atoms with Crippen LogP contribution >= 0.6 is 0 Å². The summed E-state index contributed by atoms with van der Waals surface area (Å²) in [5.41, 5.74) is 0.144. The molecule has 0 bridgehead atoms. The summed E-state index contributed by atoms with van der Waals surface area (Å²) in [5, 5.41) is 11.6. The lowest BCUT2D eigenvalue weighted by molar-refractivity contribution is -0.274. The van der Waals surface area contributed by atoms with Gasteiger partial charge < -0.3 is 15.2 Å². The van der Waals surface area contributed by atoms with Gasteiger partial charge in [-0.05, 0) is 37.1 Å². The summed E-state index contributed by atoms with van der Waals surface area (Å²) in [5.74, 6) is -2.53. The fourth-order valence-electron chi connectivity index (χ4n) is 2.49. The molecule has 5 nitrogen and oxygen atoms in total. The number of benzene rings is 1. The van der Waals surface area contributed by atoms with Gasteiger partial charge in [-0.1, -0.05) is 6.42 Å². The van der Waals surface area contributed by atoms with Crippen molar-refractivity contribution in [2.24, 2.45) is 5.92 Å². The first-order valence-electron chi connectivity index (χ1n) is 6.66. The van der Waals surface area contributed by atoms with Crippen molar-refractivity contribution in [1.29, 1.82) is 0 Å². The number of carbonyl (C=O) groups excluding carboxylic acids is 1. The topological polar surface area (TPSA) is 75.6 Å². The minimum absolute atomic E-state index is 0.144. The summed E-state index contributed by atoms with van der Waals surface area (Å²) >= 11 is 0. The molecule has 0 saturated heterocycles. The van der Waals surface area contributed by atoms with Crippen molar-refractivity contribution in [3.63, 3.8) is 0 Å². The van der Waals surface area contributed by atoms with E-state index in [4.69, 9.17) is 5.11 Å². The van der Waals surface area contributed by atoms with Crippen LogP contribution in [0.1, 0.15) is 29.6 Å². The molecule has 120 valence electrons. The Labute approximate surface area is 124 Å². The molecule has 0 aromatic heterocycles. The molecule has 0 unspecified atom stereocenters. The van der Waals surface area contributed by atoms with E-state index in [1.165, 1.54) is 12.1 Å². The lowest BCUT2D eigenvalue weighted by Crippen LogP contribution is -2.40. The van der Waals surface area contributed by atoms with Gasteiger partial charge in [0.15, 0.2) is 0 Å². The molecule has 0 radical (unpaired) electrons. The highest BCUT2D eigenvalue weighted by molar-refractivity contribution is 5.94. The number of carbonyl (C=O) groups is 2. The second-order valence-corrected chi connectivity index (χ2v) is 5.03. The number of amides is 1. The van der Waals surface area contributed by atoms with Crippen LogP contribution in [0.15, 0.2) is 24.3 Å². The average Bonchev–Trinajstić information content (AvgIpc) is 2.86. The maximum atomic E-state index is 12.0. The second kappa shape index (κ2) is 6.25. The van der Waals surface area contributed by atoms with Crippen LogP contribution < -0.4 is 10.1 Å². The molecule has 0 spiro atoms. The van der Waals surface area contributed by atoms with Crippen LogP contribution in [0.5, 0.6) is 5.75 Å². The van der Waals surface area contributed by atoms with E-state index in [2.05, 4.69) is 10.1 Å². The normalized spacial score (nSPS) is 21.4. The third kappa shape index (κ3) is 4.12. The van der Waals surface area contributed by atoms with E-state index in [0.29, 0.717) is 19.3 Å². The van der Waals surface area contributed by atoms with E-state index < -0.39 is 35.9 Å². The van der Waals surface area contributed by atoms with Crippen LogP contribution in [0.2, 0.25) is 0 Å². The van der Waals surface area contributed by atoms with Gasteiger partial charge in [-0.25, -0.2) is 0 Å². The first-order valence-corrected chi connectivity index (χ1v) is 6.66. The number of hydrogen-bond donors (Lipinski definition) is 2. The molecule has 1 fully saturated rings. The number of halogens is 3. The summed E-state index contributed by atoms with van der Waals surface area (Å²) in [7, 11) is 0. The molecule has 1 aliphatic carbocycles.